The van der Waals surface area contributed by atoms with E-state index in [0.29, 0.717) is 7.11 Å². The predicted octanol–water partition coefficient (Wildman–Crippen LogP) is 2.99. The summed E-state index contributed by atoms with van der Waals surface area (Å²) in [5, 5.41) is 7.63. The molecule has 1 heterocycles. The van der Waals surface area contributed by atoms with Crippen LogP contribution in [0.15, 0.2) is 16.6 Å². The smallest absolute Gasteiger partial charge is 0.432 e. The lowest BCUT2D eigenvalue weighted by atomic mass is 9.62. The van der Waals surface area contributed by atoms with E-state index in [9.17, 15) is 41.4 Å². The number of ether oxygens (including phenoxy) is 1. The van der Waals surface area contributed by atoms with Crippen molar-refractivity contribution in [1.82, 2.24) is 0 Å². The van der Waals surface area contributed by atoms with Gasteiger partial charge in [0.15, 0.2) is 0 Å². The lowest BCUT2D eigenvalue weighted by molar-refractivity contribution is -0.175. The van der Waals surface area contributed by atoms with Gasteiger partial charge in [-0.25, -0.2) is 13.6 Å². The molecule has 2 unspecified atom stereocenters. The van der Waals surface area contributed by atoms with E-state index in [1.807, 2.05) is 0 Å². The van der Waals surface area contributed by atoms with E-state index in [-0.39, 0.29) is 6.08 Å². The molecule has 0 aliphatic carbocycles. The summed E-state index contributed by atoms with van der Waals surface area (Å²) < 4.78 is 71.9. The van der Waals surface area contributed by atoms with Crippen LogP contribution in [0.2, 0.25) is 0 Å². The van der Waals surface area contributed by atoms with Gasteiger partial charge in [0.1, 0.15) is 5.71 Å². The van der Waals surface area contributed by atoms with Crippen LogP contribution in [0.1, 0.15) is 20.3 Å². The van der Waals surface area contributed by atoms with Gasteiger partial charge in [-0.15, -0.1) is 0 Å². The molecule has 6 nitrogen and oxygen atoms in total. The van der Waals surface area contributed by atoms with Crippen molar-refractivity contribution in [1.29, 1.82) is 0 Å². The standard InChI is InChI=1S/C15H15ClF5NO5/c1-6(2)4-7-5-8(15(19,20)21)22-14(10(17)18,12(26)27-3)13(7,9(16)23)11(24)25/h5-6,10H,4H2,1-3H3,(H,24,25). The van der Waals surface area contributed by atoms with Crippen molar-refractivity contribution in [3.8, 4) is 0 Å². The second kappa shape index (κ2) is 7.53. The molecule has 1 rings (SSSR count). The first-order valence-electron chi connectivity index (χ1n) is 7.37. The Morgan fingerprint density at radius 2 is 1.81 bits per heavy atom. The summed E-state index contributed by atoms with van der Waals surface area (Å²) in [4.78, 5) is 39.0. The normalized spacial score (nSPS) is 25.9. The fourth-order valence-corrected chi connectivity index (χ4v) is 3.28. The number of allylic oxidation sites excluding steroid dienone is 1. The van der Waals surface area contributed by atoms with Crippen LogP contribution in [0.3, 0.4) is 0 Å². The molecule has 0 aromatic heterocycles. The zero-order chi connectivity index (χ0) is 21.4. The van der Waals surface area contributed by atoms with Crippen molar-refractivity contribution in [2.75, 3.05) is 7.11 Å². The zero-order valence-corrected chi connectivity index (χ0v) is 15.0. The molecule has 0 radical (unpaired) electrons. The number of carbonyl (C=O) groups is 3. The van der Waals surface area contributed by atoms with Gasteiger partial charge in [0.2, 0.25) is 16.2 Å². The number of hydrogen-bond donors (Lipinski definition) is 1. The molecular weight excluding hydrogens is 405 g/mol. The third-order valence-corrected chi connectivity index (χ3v) is 4.29. The molecule has 0 aromatic carbocycles. The molecule has 0 amide bonds. The molecule has 152 valence electrons. The van der Waals surface area contributed by atoms with E-state index < -0.39 is 64.4 Å². The Bertz CT molecular complexity index is 702. The molecule has 2 atom stereocenters. The second-order valence-corrected chi connectivity index (χ2v) is 6.49. The van der Waals surface area contributed by atoms with Crippen LogP contribution in [0.5, 0.6) is 0 Å². The summed E-state index contributed by atoms with van der Waals surface area (Å²) in [6, 6.07) is 0. The molecule has 1 N–H and O–H groups in total. The number of aliphatic carboxylic acids is 1. The van der Waals surface area contributed by atoms with Gasteiger partial charge < -0.3 is 9.84 Å². The highest BCUT2D eigenvalue weighted by Crippen LogP contribution is 2.53. The van der Waals surface area contributed by atoms with Crippen LogP contribution in [0, 0.1) is 11.3 Å². The quantitative estimate of drug-likeness (QED) is 0.309. The molecule has 12 heteroatoms. The van der Waals surface area contributed by atoms with Gasteiger partial charge >= 0.3 is 18.1 Å². The number of carboxylic acid groups (broad SMARTS) is 1. The van der Waals surface area contributed by atoms with Crippen LogP contribution >= 0.6 is 11.6 Å². The maximum Gasteiger partial charge on any atom is 0.432 e. The Kier molecular flexibility index (Phi) is 6.41. The number of aliphatic imine (C=N–C) groups is 1. The maximum atomic E-state index is 14.0. The minimum Gasteiger partial charge on any atom is -0.480 e. The lowest BCUT2D eigenvalue weighted by Gasteiger charge is -2.44. The van der Waals surface area contributed by atoms with Crippen LogP contribution < -0.4 is 0 Å². The SMILES string of the molecule is COC(=O)C1(C(F)F)N=C(C(F)(F)F)C=C(CC(C)C)C1(C(=O)O)C(=O)Cl. The number of hydrogen-bond acceptors (Lipinski definition) is 5. The first-order chi connectivity index (χ1) is 12.2. The highest BCUT2D eigenvalue weighted by atomic mass is 35.5. The third kappa shape index (κ3) is 3.44. The van der Waals surface area contributed by atoms with Gasteiger partial charge in [-0.3, -0.25) is 14.6 Å². The summed E-state index contributed by atoms with van der Waals surface area (Å²) >= 11 is 5.33. The van der Waals surface area contributed by atoms with Gasteiger partial charge in [0.25, 0.3) is 6.43 Å². The van der Waals surface area contributed by atoms with Crippen molar-refractivity contribution in [3.63, 3.8) is 0 Å². The molecule has 0 fully saturated rings. The molecule has 27 heavy (non-hydrogen) atoms. The molecule has 0 saturated carbocycles. The molecule has 0 aromatic rings. The number of halogens is 6. The summed E-state index contributed by atoms with van der Waals surface area (Å²) in [6.07, 6.45) is -9.85. The van der Waals surface area contributed by atoms with Crippen molar-refractivity contribution in [3.05, 3.63) is 11.6 Å². The van der Waals surface area contributed by atoms with E-state index >= 15 is 0 Å². The van der Waals surface area contributed by atoms with Gasteiger partial charge in [0, 0.05) is 0 Å². The Hall–Kier alpha value is -2.04. The highest BCUT2D eigenvalue weighted by Gasteiger charge is 2.75. The lowest BCUT2D eigenvalue weighted by Crippen LogP contribution is -2.67. The third-order valence-electron chi connectivity index (χ3n) is 4.01. The van der Waals surface area contributed by atoms with Crippen LogP contribution in [0.4, 0.5) is 22.0 Å². The molecule has 0 saturated heterocycles. The van der Waals surface area contributed by atoms with Crippen LogP contribution in [0.25, 0.3) is 0 Å². The van der Waals surface area contributed by atoms with Crippen molar-refractivity contribution in [2.45, 2.75) is 38.4 Å². The van der Waals surface area contributed by atoms with Crippen LogP contribution in [-0.4, -0.2) is 53.2 Å². The van der Waals surface area contributed by atoms with Gasteiger partial charge in [-0.1, -0.05) is 13.8 Å². The fourth-order valence-electron chi connectivity index (χ4n) is 2.94. The molecule has 1 aliphatic heterocycles. The first-order valence-corrected chi connectivity index (χ1v) is 7.75. The molecule has 0 spiro atoms. The zero-order valence-electron chi connectivity index (χ0n) is 14.2. The highest BCUT2D eigenvalue weighted by molar-refractivity contribution is 6.67. The van der Waals surface area contributed by atoms with E-state index in [4.69, 9.17) is 11.6 Å². The number of rotatable bonds is 6. The maximum absolute atomic E-state index is 14.0. The molecule has 1 aliphatic rings. The Balaban J connectivity index is 4.16. The largest absolute Gasteiger partial charge is 0.480 e. The second-order valence-electron chi connectivity index (χ2n) is 6.15. The first kappa shape index (κ1) is 23.0. The van der Waals surface area contributed by atoms with E-state index in [2.05, 4.69) is 9.73 Å². The number of esters is 1. The number of alkyl halides is 5. The predicted molar refractivity (Wildman–Crippen MR) is 82.7 cm³/mol. The van der Waals surface area contributed by atoms with Gasteiger partial charge in [-0.2, -0.15) is 13.2 Å². The average Bonchev–Trinajstić information content (AvgIpc) is 2.50. The summed E-state index contributed by atoms with van der Waals surface area (Å²) in [5.41, 5.74) is -10.5. The Morgan fingerprint density at radius 1 is 1.30 bits per heavy atom. The average molecular weight is 420 g/mol. The molecule has 0 bridgehead atoms. The molecular formula is C15H15ClF5NO5. The van der Waals surface area contributed by atoms with Crippen molar-refractivity contribution < 1.29 is 46.2 Å². The summed E-state index contributed by atoms with van der Waals surface area (Å²) in [7, 11) is 0.543. The van der Waals surface area contributed by atoms with E-state index in [0.717, 1.165) is 0 Å². The van der Waals surface area contributed by atoms with Crippen molar-refractivity contribution in [2.24, 2.45) is 16.3 Å². The van der Waals surface area contributed by atoms with Crippen LogP contribution in [-0.2, 0) is 19.1 Å². The number of carbonyl (C=O) groups excluding carboxylic acids is 2. The van der Waals surface area contributed by atoms with Crippen molar-refractivity contribution >= 4 is 34.5 Å². The number of carboxylic acids is 1. The van der Waals surface area contributed by atoms with Gasteiger partial charge in [-0.05, 0) is 35.6 Å². The van der Waals surface area contributed by atoms with E-state index in [1.165, 1.54) is 13.8 Å². The monoisotopic (exact) mass is 419 g/mol. The minimum absolute atomic E-state index is 0.165. The Labute approximate surface area is 155 Å². The number of nitrogens with zero attached hydrogens (tertiary/aromatic N) is 1. The number of dihydropyridines is 1. The minimum atomic E-state index is -5.31. The number of methoxy groups -OCH3 is 1. The van der Waals surface area contributed by atoms with Gasteiger partial charge in [0.05, 0.1) is 7.11 Å². The summed E-state index contributed by atoms with van der Waals surface area (Å²) in [6.45, 7) is 2.88. The van der Waals surface area contributed by atoms with E-state index in [1.54, 1.807) is 0 Å². The topological polar surface area (TPSA) is 93.0 Å². The summed E-state index contributed by atoms with van der Waals surface area (Å²) in [5.74, 6) is -5.05. The Morgan fingerprint density at radius 3 is 2.11 bits per heavy atom. The fraction of sp³-hybridized carbons (Fsp3) is 0.600.